The summed E-state index contributed by atoms with van der Waals surface area (Å²) in [5.41, 5.74) is 1.74. The van der Waals surface area contributed by atoms with Crippen molar-refractivity contribution in [3.05, 3.63) is 29.3 Å². The van der Waals surface area contributed by atoms with E-state index in [0.717, 1.165) is 11.1 Å². The molecule has 4 nitrogen and oxygen atoms in total. The second kappa shape index (κ2) is 5.94. The Kier molecular flexibility index (Phi) is 4.57. The zero-order valence-electron chi connectivity index (χ0n) is 10.4. The maximum atomic E-state index is 11.0. The highest BCUT2D eigenvalue weighted by atomic mass is 16.5. The molecule has 0 heterocycles. The first kappa shape index (κ1) is 13.1. The molecule has 0 spiro atoms. The lowest BCUT2D eigenvalue weighted by Gasteiger charge is -2.10. The number of ether oxygens (including phenoxy) is 3. The first-order valence-corrected chi connectivity index (χ1v) is 5.11. The van der Waals surface area contributed by atoms with Crippen molar-refractivity contribution in [2.75, 3.05) is 21.3 Å². The molecular formula is C13H16O4. The molecule has 0 N–H and O–H groups in total. The summed E-state index contributed by atoms with van der Waals surface area (Å²) >= 11 is 0. The highest BCUT2D eigenvalue weighted by Crippen LogP contribution is 2.29. The molecule has 0 unspecified atom stereocenters. The van der Waals surface area contributed by atoms with Gasteiger partial charge in [-0.1, -0.05) is 0 Å². The van der Waals surface area contributed by atoms with Crippen molar-refractivity contribution >= 4 is 12.0 Å². The summed E-state index contributed by atoms with van der Waals surface area (Å²) in [7, 11) is 4.52. The van der Waals surface area contributed by atoms with Gasteiger partial charge in [-0.2, -0.15) is 0 Å². The van der Waals surface area contributed by atoms with Gasteiger partial charge >= 0.3 is 5.97 Å². The number of carbonyl (C=O) groups excluding carboxylic acids is 1. The molecule has 92 valence electrons. The van der Waals surface area contributed by atoms with Crippen molar-refractivity contribution in [3.63, 3.8) is 0 Å². The average molecular weight is 236 g/mol. The Morgan fingerprint density at radius 1 is 1.12 bits per heavy atom. The van der Waals surface area contributed by atoms with Crippen LogP contribution in [0.1, 0.15) is 11.1 Å². The average Bonchev–Trinajstić information content (AvgIpc) is 2.36. The third-order valence-electron chi connectivity index (χ3n) is 2.39. The van der Waals surface area contributed by atoms with Crippen LogP contribution in [0.5, 0.6) is 11.5 Å². The van der Waals surface area contributed by atoms with Crippen molar-refractivity contribution in [1.82, 2.24) is 0 Å². The van der Waals surface area contributed by atoms with Gasteiger partial charge in [0.05, 0.1) is 21.3 Å². The SMILES string of the molecule is COC(=O)/C=C/c1cc(OC)c(C)c(OC)c1. The summed E-state index contributed by atoms with van der Waals surface area (Å²) < 4.78 is 15.0. The number of esters is 1. The van der Waals surface area contributed by atoms with Gasteiger partial charge in [0, 0.05) is 11.6 Å². The highest BCUT2D eigenvalue weighted by Gasteiger charge is 2.07. The fourth-order valence-electron chi connectivity index (χ4n) is 1.43. The van der Waals surface area contributed by atoms with Gasteiger partial charge in [-0.25, -0.2) is 4.79 Å². The zero-order valence-corrected chi connectivity index (χ0v) is 10.4. The molecule has 0 aromatic heterocycles. The maximum absolute atomic E-state index is 11.0. The van der Waals surface area contributed by atoms with E-state index in [1.54, 1.807) is 20.3 Å². The molecule has 0 amide bonds. The first-order valence-electron chi connectivity index (χ1n) is 5.11. The van der Waals surface area contributed by atoms with Crippen molar-refractivity contribution in [1.29, 1.82) is 0 Å². The zero-order chi connectivity index (χ0) is 12.8. The summed E-state index contributed by atoms with van der Waals surface area (Å²) in [5, 5.41) is 0. The van der Waals surface area contributed by atoms with Crippen LogP contribution < -0.4 is 9.47 Å². The number of rotatable bonds is 4. The van der Waals surface area contributed by atoms with Crippen LogP contribution in [0, 0.1) is 6.92 Å². The predicted octanol–water partition coefficient (Wildman–Crippen LogP) is 2.20. The number of methoxy groups -OCH3 is 3. The Hall–Kier alpha value is -1.97. The standard InChI is InChI=1S/C13H16O4/c1-9-11(15-2)7-10(8-12(9)16-3)5-6-13(14)17-4/h5-8H,1-4H3/b6-5+. The van der Waals surface area contributed by atoms with E-state index in [1.807, 2.05) is 19.1 Å². The van der Waals surface area contributed by atoms with Gasteiger partial charge < -0.3 is 14.2 Å². The Morgan fingerprint density at radius 2 is 1.65 bits per heavy atom. The van der Waals surface area contributed by atoms with Crippen molar-refractivity contribution in [3.8, 4) is 11.5 Å². The van der Waals surface area contributed by atoms with Gasteiger partial charge in [0.2, 0.25) is 0 Å². The molecule has 0 aliphatic rings. The molecule has 0 saturated heterocycles. The van der Waals surface area contributed by atoms with Crippen molar-refractivity contribution in [2.45, 2.75) is 6.92 Å². The van der Waals surface area contributed by atoms with Crippen LogP contribution in [0.4, 0.5) is 0 Å². The summed E-state index contributed by atoms with van der Waals surface area (Å²) in [6.07, 6.45) is 3.00. The highest BCUT2D eigenvalue weighted by molar-refractivity contribution is 5.87. The Bertz CT molecular complexity index is 410. The largest absolute Gasteiger partial charge is 0.496 e. The fourth-order valence-corrected chi connectivity index (χ4v) is 1.43. The first-order chi connectivity index (χ1) is 8.12. The lowest BCUT2D eigenvalue weighted by Crippen LogP contribution is -1.95. The van der Waals surface area contributed by atoms with Crippen LogP contribution in [0.15, 0.2) is 18.2 Å². The van der Waals surface area contributed by atoms with E-state index in [0.29, 0.717) is 11.5 Å². The van der Waals surface area contributed by atoms with E-state index in [9.17, 15) is 4.79 Å². The minimum atomic E-state index is -0.400. The summed E-state index contributed by atoms with van der Waals surface area (Å²) in [4.78, 5) is 11.0. The quantitative estimate of drug-likeness (QED) is 0.594. The Balaban J connectivity index is 3.09. The predicted molar refractivity (Wildman–Crippen MR) is 65.3 cm³/mol. The minimum absolute atomic E-state index is 0.400. The second-order valence-corrected chi connectivity index (χ2v) is 3.41. The van der Waals surface area contributed by atoms with Crippen LogP contribution in [-0.4, -0.2) is 27.3 Å². The van der Waals surface area contributed by atoms with Crippen molar-refractivity contribution in [2.24, 2.45) is 0 Å². The van der Waals surface area contributed by atoms with Crippen LogP contribution in [-0.2, 0) is 9.53 Å². The van der Waals surface area contributed by atoms with E-state index in [-0.39, 0.29) is 0 Å². The minimum Gasteiger partial charge on any atom is -0.496 e. The molecule has 0 atom stereocenters. The molecule has 1 aromatic carbocycles. The topological polar surface area (TPSA) is 44.8 Å². The fraction of sp³-hybridized carbons (Fsp3) is 0.308. The van der Waals surface area contributed by atoms with Gasteiger partial charge in [0.25, 0.3) is 0 Å². The monoisotopic (exact) mass is 236 g/mol. The van der Waals surface area contributed by atoms with Crippen molar-refractivity contribution < 1.29 is 19.0 Å². The molecule has 1 aromatic rings. The van der Waals surface area contributed by atoms with Gasteiger partial charge in [-0.3, -0.25) is 0 Å². The van der Waals surface area contributed by atoms with Crippen LogP contribution in [0.3, 0.4) is 0 Å². The lowest BCUT2D eigenvalue weighted by atomic mass is 10.1. The number of hydrogen-bond acceptors (Lipinski definition) is 4. The lowest BCUT2D eigenvalue weighted by molar-refractivity contribution is -0.134. The molecular weight excluding hydrogens is 220 g/mol. The van der Waals surface area contributed by atoms with Crippen LogP contribution in [0.2, 0.25) is 0 Å². The molecule has 0 fully saturated rings. The Morgan fingerprint density at radius 3 is 2.06 bits per heavy atom. The smallest absolute Gasteiger partial charge is 0.330 e. The molecule has 1 rings (SSSR count). The van der Waals surface area contributed by atoms with Crippen LogP contribution in [0.25, 0.3) is 6.08 Å². The van der Waals surface area contributed by atoms with E-state index in [2.05, 4.69) is 4.74 Å². The van der Waals surface area contributed by atoms with Gasteiger partial charge in [-0.05, 0) is 30.7 Å². The van der Waals surface area contributed by atoms with E-state index in [1.165, 1.54) is 13.2 Å². The molecule has 0 aliphatic heterocycles. The van der Waals surface area contributed by atoms with Gasteiger partial charge in [0.15, 0.2) is 0 Å². The third kappa shape index (κ3) is 3.24. The van der Waals surface area contributed by atoms with Gasteiger partial charge in [-0.15, -0.1) is 0 Å². The molecule has 17 heavy (non-hydrogen) atoms. The normalized spacial score (nSPS) is 10.4. The number of hydrogen-bond donors (Lipinski definition) is 0. The maximum Gasteiger partial charge on any atom is 0.330 e. The molecule has 4 heteroatoms. The number of carbonyl (C=O) groups is 1. The Labute approximate surface area is 101 Å². The van der Waals surface area contributed by atoms with E-state index in [4.69, 9.17) is 9.47 Å². The summed E-state index contributed by atoms with van der Waals surface area (Å²) in [6, 6.07) is 3.66. The summed E-state index contributed by atoms with van der Waals surface area (Å²) in [5.74, 6) is 1.03. The van der Waals surface area contributed by atoms with Gasteiger partial charge in [0.1, 0.15) is 11.5 Å². The summed E-state index contributed by atoms with van der Waals surface area (Å²) in [6.45, 7) is 1.91. The molecule has 0 radical (unpaired) electrons. The molecule has 0 bridgehead atoms. The number of benzene rings is 1. The van der Waals surface area contributed by atoms with Crippen LogP contribution >= 0.6 is 0 Å². The third-order valence-corrected chi connectivity index (χ3v) is 2.39. The second-order valence-electron chi connectivity index (χ2n) is 3.41. The van der Waals surface area contributed by atoms with E-state index >= 15 is 0 Å². The molecule has 0 saturated carbocycles. The molecule has 0 aliphatic carbocycles. The van der Waals surface area contributed by atoms with E-state index < -0.39 is 5.97 Å².